The van der Waals surface area contributed by atoms with Gasteiger partial charge >= 0.3 is 0 Å². The molecule has 6 nitrogen and oxygen atoms in total. The summed E-state index contributed by atoms with van der Waals surface area (Å²) in [4.78, 5) is 20.5. The number of carbonyl (C=O) groups is 1. The third-order valence-corrected chi connectivity index (χ3v) is 6.64. The predicted molar refractivity (Wildman–Crippen MR) is 134 cm³/mol. The summed E-state index contributed by atoms with van der Waals surface area (Å²) in [6.45, 7) is 7.42. The van der Waals surface area contributed by atoms with Crippen molar-refractivity contribution < 1.29 is 9.53 Å². The lowest BCUT2D eigenvalue weighted by molar-refractivity contribution is 0.0596. The van der Waals surface area contributed by atoms with E-state index in [1.165, 1.54) is 5.56 Å². The van der Waals surface area contributed by atoms with Crippen LogP contribution in [0.3, 0.4) is 0 Å². The van der Waals surface area contributed by atoms with E-state index in [-0.39, 0.29) is 12.0 Å². The summed E-state index contributed by atoms with van der Waals surface area (Å²) in [6, 6.07) is 18.2. The van der Waals surface area contributed by atoms with E-state index in [2.05, 4.69) is 37.1 Å². The molecule has 5 rings (SSSR count). The minimum Gasteiger partial charge on any atom is -0.490 e. The molecule has 1 aliphatic rings. The van der Waals surface area contributed by atoms with Gasteiger partial charge in [0.05, 0.1) is 22.3 Å². The number of likely N-dealkylation sites (tertiary alicyclic amines) is 1. The van der Waals surface area contributed by atoms with Crippen LogP contribution in [0.1, 0.15) is 40.0 Å². The van der Waals surface area contributed by atoms with E-state index in [0.717, 1.165) is 52.1 Å². The van der Waals surface area contributed by atoms with Gasteiger partial charge in [0.2, 0.25) is 0 Å². The summed E-state index contributed by atoms with van der Waals surface area (Å²) in [6.07, 6.45) is 1.73. The van der Waals surface area contributed by atoms with Crippen LogP contribution in [0.4, 0.5) is 0 Å². The van der Waals surface area contributed by atoms with Gasteiger partial charge in [-0.3, -0.25) is 9.48 Å². The number of aromatic nitrogens is 3. The number of nitrogens with zero attached hydrogens (tertiary/aromatic N) is 4. The first kappa shape index (κ1) is 22.1. The van der Waals surface area contributed by atoms with E-state index in [1.807, 2.05) is 55.3 Å². The van der Waals surface area contributed by atoms with Crippen molar-refractivity contribution in [3.63, 3.8) is 0 Å². The fourth-order valence-electron chi connectivity index (χ4n) is 4.73. The van der Waals surface area contributed by atoms with Gasteiger partial charge in [0.25, 0.3) is 5.91 Å². The van der Waals surface area contributed by atoms with Crippen LogP contribution in [0, 0.1) is 20.8 Å². The van der Waals surface area contributed by atoms with Crippen LogP contribution in [0.5, 0.6) is 5.75 Å². The van der Waals surface area contributed by atoms with Crippen LogP contribution >= 0.6 is 0 Å². The Balaban J connectivity index is 1.40. The van der Waals surface area contributed by atoms with Gasteiger partial charge < -0.3 is 9.64 Å². The van der Waals surface area contributed by atoms with Gasteiger partial charge in [-0.1, -0.05) is 42.5 Å². The lowest BCUT2D eigenvalue weighted by Gasteiger charge is -2.32. The quantitative estimate of drug-likeness (QED) is 0.423. The molecule has 4 aromatic rings. The maximum absolute atomic E-state index is 13.7. The SMILES string of the molecule is Cc1ccc(C)c(OC2CCN(C(=O)c3cc(-c4ccccc4)nc4c3c(C)nn4C)CC2)c1. The zero-order chi connectivity index (χ0) is 23.8. The van der Waals surface area contributed by atoms with Crippen molar-refractivity contribution in [3.05, 3.63) is 77.0 Å². The normalized spacial score (nSPS) is 14.5. The molecule has 2 aromatic carbocycles. The summed E-state index contributed by atoms with van der Waals surface area (Å²) in [5.74, 6) is 0.977. The van der Waals surface area contributed by atoms with Gasteiger partial charge in [-0.2, -0.15) is 5.10 Å². The fraction of sp³-hybridized carbons (Fsp3) is 0.321. The molecule has 1 aliphatic heterocycles. The zero-order valence-electron chi connectivity index (χ0n) is 20.2. The number of piperidine rings is 1. The van der Waals surface area contributed by atoms with Gasteiger partial charge in [-0.05, 0) is 44.0 Å². The first-order valence-corrected chi connectivity index (χ1v) is 11.8. The standard InChI is InChI=1S/C28H30N4O2/c1-18-10-11-19(2)25(16-18)34-22-12-14-32(15-13-22)28(33)23-17-24(21-8-6-5-7-9-21)29-27-26(23)20(3)30-31(27)4/h5-11,16-17,22H,12-15H2,1-4H3. The van der Waals surface area contributed by atoms with Gasteiger partial charge in [0, 0.05) is 38.5 Å². The highest BCUT2D eigenvalue weighted by atomic mass is 16.5. The van der Waals surface area contributed by atoms with Crippen LogP contribution in [0.25, 0.3) is 22.3 Å². The van der Waals surface area contributed by atoms with Crippen molar-refractivity contribution in [1.82, 2.24) is 19.7 Å². The summed E-state index contributed by atoms with van der Waals surface area (Å²) >= 11 is 0. The second kappa shape index (κ2) is 8.93. The van der Waals surface area contributed by atoms with Crippen molar-refractivity contribution in [3.8, 4) is 17.0 Å². The van der Waals surface area contributed by atoms with E-state index < -0.39 is 0 Å². The first-order chi connectivity index (χ1) is 16.4. The van der Waals surface area contributed by atoms with Crippen molar-refractivity contribution in [2.45, 2.75) is 39.7 Å². The minimum absolute atomic E-state index is 0.0332. The highest BCUT2D eigenvalue weighted by Crippen LogP contribution is 2.29. The molecule has 0 aliphatic carbocycles. The van der Waals surface area contributed by atoms with Crippen molar-refractivity contribution >= 4 is 16.9 Å². The van der Waals surface area contributed by atoms with Crippen molar-refractivity contribution in [2.75, 3.05) is 13.1 Å². The third kappa shape index (κ3) is 4.16. The van der Waals surface area contributed by atoms with E-state index in [1.54, 1.807) is 4.68 Å². The Labute approximate surface area is 200 Å². The number of rotatable bonds is 4. The third-order valence-electron chi connectivity index (χ3n) is 6.64. The predicted octanol–water partition coefficient (Wildman–Crippen LogP) is 5.24. The molecule has 0 saturated carbocycles. The van der Waals surface area contributed by atoms with Crippen molar-refractivity contribution in [2.24, 2.45) is 7.05 Å². The summed E-state index contributed by atoms with van der Waals surface area (Å²) in [5, 5.41) is 5.38. The Morgan fingerprint density at radius 1 is 1.00 bits per heavy atom. The number of ether oxygens (including phenoxy) is 1. The number of pyridine rings is 1. The second-order valence-corrected chi connectivity index (χ2v) is 9.21. The lowest BCUT2D eigenvalue weighted by atomic mass is 10.0. The smallest absolute Gasteiger partial charge is 0.254 e. The van der Waals surface area contributed by atoms with Crippen LogP contribution in [-0.2, 0) is 7.05 Å². The maximum atomic E-state index is 13.7. The molecule has 1 saturated heterocycles. The molecule has 0 radical (unpaired) electrons. The molecule has 0 unspecified atom stereocenters. The molecule has 6 heteroatoms. The summed E-state index contributed by atoms with van der Waals surface area (Å²) in [5.41, 5.74) is 6.32. The van der Waals surface area contributed by atoms with E-state index in [4.69, 9.17) is 9.72 Å². The topological polar surface area (TPSA) is 60.2 Å². The van der Waals surface area contributed by atoms with Crippen molar-refractivity contribution in [1.29, 1.82) is 0 Å². The molecule has 1 fully saturated rings. The molecular formula is C28H30N4O2. The fourth-order valence-corrected chi connectivity index (χ4v) is 4.73. The Morgan fingerprint density at radius 3 is 2.47 bits per heavy atom. The minimum atomic E-state index is 0.0332. The molecule has 0 spiro atoms. The number of hydrogen-bond donors (Lipinski definition) is 0. The number of aryl methyl sites for hydroxylation is 4. The molecule has 3 heterocycles. The first-order valence-electron chi connectivity index (χ1n) is 11.8. The molecule has 0 atom stereocenters. The number of amides is 1. The van der Waals surface area contributed by atoms with Gasteiger partial charge in [-0.25, -0.2) is 4.98 Å². The highest BCUT2D eigenvalue weighted by Gasteiger charge is 2.28. The average Bonchev–Trinajstić information content (AvgIpc) is 3.14. The molecule has 0 bridgehead atoms. The lowest BCUT2D eigenvalue weighted by Crippen LogP contribution is -2.42. The maximum Gasteiger partial charge on any atom is 0.254 e. The average molecular weight is 455 g/mol. The molecule has 0 N–H and O–H groups in total. The van der Waals surface area contributed by atoms with Gasteiger partial charge in [0.15, 0.2) is 5.65 Å². The number of fused-ring (bicyclic) bond motifs is 1. The summed E-state index contributed by atoms with van der Waals surface area (Å²) < 4.78 is 8.07. The number of benzene rings is 2. The molecular weight excluding hydrogens is 424 g/mol. The Bertz CT molecular complexity index is 1350. The molecule has 1 amide bonds. The van der Waals surface area contributed by atoms with Crippen LogP contribution in [0.15, 0.2) is 54.6 Å². The molecule has 34 heavy (non-hydrogen) atoms. The Hall–Kier alpha value is -3.67. The second-order valence-electron chi connectivity index (χ2n) is 9.21. The highest BCUT2D eigenvalue weighted by molar-refractivity contribution is 6.07. The van der Waals surface area contributed by atoms with Gasteiger partial charge in [0.1, 0.15) is 11.9 Å². The van der Waals surface area contributed by atoms with Gasteiger partial charge in [-0.15, -0.1) is 0 Å². The van der Waals surface area contributed by atoms with Crippen LogP contribution in [0.2, 0.25) is 0 Å². The van der Waals surface area contributed by atoms with E-state index in [9.17, 15) is 4.79 Å². The monoisotopic (exact) mass is 454 g/mol. The number of hydrogen-bond acceptors (Lipinski definition) is 4. The van der Waals surface area contributed by atoms with Crippen LogP contribution in [-0.4, -0.2) is 44.8 Å². The molecule has 2 aromatic heterocycles. The summed E-state index contributed by atoms with van der Waals surface area (Å²) in [7, 11) is 1.88. The van der Waals surface area contributed by atoms with E-state index in [0.29, 0.717) is 18.7 Å². The number of carbonyl (C=O) groups excluding carboxylic acids is 1. The van der Waals surface area contributed by atoms with Crippen LogP contribution < -0.4 is 4.74 Å². The van der Waals surface area contributed by atoms with E-state index >= 15 is 0 Å². The Morgan fingerprint density at radius 2 is 1.74 bits per heavy atom. The Kier molecular flexibility index (Phi) is 5.82. The molecule has 174 valence electrons. The largest absolute Gasteiger partial charge is 0.490 e. The zero-order valence-corrected chi connectivity index (χ0v) is 20.2.